The van der Waals surface area contributed by atoms with Crippen molar-refractivity contribution in [2.75, 3.05) is 52.5 Å². The molecule has 0 radical (unpaired) electrons. The number of phenols is 1. The number of nitrogens with one attached hydrogen (secondary N) is 1. The molecule has 2 heterocycles. The van der Waals surface area contributed by atoms with Gasteiger partial charge in [-0.1, -0.05) is 12.1 Å². The summed E-state index contributed by atoms with van der Waals surface area (Å²) in [5.41, 5.74) is 0.860. The van der Waals surface area contributed by atoms with Crippen LogP contribution in [0.3, 0.4) is 0 Å². The molecule has 6 heteroatoms. The van der Waals surface area contributed by atoms with Gasteiger partial charge in [-0.25, -0.2) is 0 Å². The molecule has 1 unspecified atom stereocenters. The monoisotopic (exact) mass is 305 g/mol. The molecule has 0 spiro atoms. The van der Waals surface area contributed by atoms with Crippen LogP contribution in [-0.2, 0) is 9.53 Å². The number of nitrogens with zero attached hydrogens (tertiary/aromatic N) is 2. The van der Waals surface area contributed by atoms with Crippen molar-refractivity contribution in [2.45, 2.75) is 6.04 Å². The molecule has 1 amide bonds. The first-order chi connectivity index (χ1) is 10.8. The van der Waals surface area contributed by atoms with E-state index in [1.807, 2.05) is 11.0 Å². The van der Waals surface area contributed by atoms with Gasteiger partial charge in [-0.3, -0.25) is 9.69 Å². The zero-order valence-corrected chi connectivity index (χ0v) is 12.7. The third-order valence-corrected chi connectivity index (χ3v) is 4.26. The number of hydrogen-bond donors (Lipinski definition) is 2. The molecule has 2 aliphatic heterocycles. The summed E-state index contributed by atoms with van der Waals surface area (Å²) in [6.45, 7) is 5.89. The van der Waals surface area contributed by atoms with Crippen molar-refractivity contribution in [3.05, 3.63) is 29.8 Å². The summed E-state index contributed by atoms with van der Waals surface area (Å²) >= 11 is 0. The van der Waals surface area contributed by atoms with E-state index in [1.165, 1.54) is 0 Å². The predicted molar refractivity (Wildman–Crippen MR) is 82.7 cm³/mol. The summed E-state index contributed by atoms with van der Waals surface area (Å²) in [6, 6.07) is 6.73. The minimum Gasteiger partial charge on any atom is -0.508 e. The molecule has 0 bridgehead atoms. The molecule has 1 aromatic carbocycles. The second-order valence-electron chi connectivity index (χ2n) is 5.72. The van der Waals surface area contributed by atoms with Gasteiger partial charge in [0.2, 0.25) is 5.91 Å². The Hall–Kier alpha value is -1.63. The summed E-state index contributed by atoms with van der Waals surface area (Å²) < 4.78 is 5.34. The van der Waals surface area contributed by atoms with Crippen LogP contribution in [0.5, 0.6) is 5.75 Å². The Morgan fingerprint density at radius 2 is 1.91 bits per heavy atom. The topological polar surface area (TPSA) is 65.0 Å². The van der Waals surface area contributed by atoms with Gasteiger partial charge < -0.3 is 20.1 Å². The number of morpholine rings is 1. The highest BCUT2D eigenvalue weighted by atomic mass is 16.5. The van der Waals surface area contributed by atoms with E-state index in [9.17, 15) is 9.90 Å². The summed E-state index contributed by atoms with van der Waals surface area (Å²) in [6.07, 6.45) is 0. The second-order valence-corrected chi connectivity index (χ2v) is 5.72. The Kier molecular flexibility index (Phi) is 4.92. The van der Waals surface area contributed by atoms with Gasteiger partial charge in [0.25, 0.3) is 0 Å². The SMILES string of the molecule is O=C(C(c1cccc(O)c1)N1CCNCC1)N1CCOCC1. The first-order valence-corrected chi connectivity index (χ1v) is 7.86. The molecule has 22 heavy (non-hydrogen) atoms. The molecule has 0 saturated carbocycles. The second kappa shape index (κ2) is 7.09. The Bertz CT molecular complexity index is 511. The first-order valence-electron chi connectivity index (χ1n) is 7.86. The molecule has 2 N–H and O–H groups in total. The third-order valence-electron chi connectivity index (χ3n) is 4.26. The van der Waals surface area contributed by atoms with E-state index < -0.39 is 0 Å². The Balaban J connectivity index is 1.86. The minimum absolute atomic E-state index is 0.107. The summed E-state index contributed by atoms with van der Waals surface area (Å²) in [5, 5.41) is 13.1. The lowest BCUT2D eigenvalue weighted by Gasteiger charge is -2.38. The number of carbonyl (C=O) groups excluding carboxylic acids is 1. The van der Waals surface area contributed by atoms with Crippen molar-refractivity contribution < 1.29 is 14.6 Å². The average Bonchev–Trinajstić information content (AvgIpc) is 2.57. The number of amides is 1. The maximum absolute atomic E-state index is 13.0. The molecular weight excluding hydrogens is 282 g/mol. The lowest BCUT2D eigenvalue weighted by Crippen LogP contribution is -2.52. The minimum atomic E-state index is -0.327. The van der Waals surface area contributed by atoms with Crippen molar-refractivity contribution in [1.82, 2.24) is 15.1 Å². The van der Waals surface area contributed by atoms with E-state index in [0.717, 1.165) is 31.7 Å². The highest BCUT2D eigenvalue weighted by Crippen LogP contribution is 2.26. The molecule has 3 rings (SSSR count). The number of piperazine rings is 1. The molecule has 0 aromatic heterocycles. The molecule has 1 aromatic rings. The van der Waals surface area contributed by atoms with E-state index >= 15 is 0 Å². The van der Waals surface area contributed by atoms with Crippen LogP contribution >= 0.6 is 0 Å². The number of rotatable bonds is 3. The molecule has 2 aliphatic rings. The number of carbonyl (C=O) groups is 1. The molecule has 0 aliphatic carbocycles. The fraction of sp³-hybridized carbons (Fsp3) is 0.562. The smallest absolute Gasteiger partial charge is 0.244 e. The van der Waals surface area contributed by atoms with Crippen LogP contribution in [0.25, 0.3) is 0 Å². The van der Waals surface area contributed by atoms with Crippen LogP contribution in [0.4, 0.5) is 0 Å². The quantitative estimate of drug-likeness (QED) is 0.835. The Labute approximate surface area is 130 Å². The van der Waals surface area contributed by atoms with E-state index in [2.05, 4.69) is 10.2 Å². The van der Waals surface area contributed by atoms with Gasteiger partial charge in [0.05, 0.1) is 13.2 Å². The number of aromatic hydroxyl groups is 1. The number of ether oxygens (including phenoxy) is 1. The third kappa shape index (κ3) is 3.40. The van der Waals surface area contributed by atoms with Crippen LogP contribution in [0.15, 0.2) is 24.3 Å². The molecule has 1 atom stereocenters. The molecular formula is C16H23N3O3. The molecule has 6 nitrogen and oxygen atoms in total. The average molecular weight is 305 g/mol. The van der Waals surface area contributed by atoms with Gasteiger partial charge in [0.1, 0.15) is 11.8 Å². The largest absolute Gasteiger partial charge is 0.508 e. The number of hydrogen-bond acceptors (Lipinski definition) is 5. The fourth-order valence-corrected chi connectivity index (χ4v) is 3.10. The standard InChI is InChI=1S/C16H23N3O3/c20-14-3-1-2-13(12-14)15(18-6-4-17-5-7-18)16(21)19-8-10-22-11-9-19/h1-3,12,15,17,20H,4-11H2. The normalized spacial score (nSPS) is 21.5. The molecule has 2 saturated heterocycles. The van der Waals surface area contributed by atoms with Crippen LogP contribution in [-0.4, -0.2) is 73.3 Å². The van der Waals surface area contributed by atoms with Crippen molar-refractivity contribution in [3.63, 3.8) is 0 Å². The summed E-state index contributed by atoms with van der Waals surface area (Å²) in [4.78, 5) is 17.1. The van der Waals surface area contributed by atoms with Gasteiger partial charge in [-0.15, -0.1) is 0 Å². The summed E-state index contributed by atoms with van der Waals surface area (Å²) in [7, 11) is 0. The first kappa shape index (κ1) is 15.3. The van der Waals surface area contributed by atoms with Gasteiger partial charge in [0, 0.05) is 39.3 Å². The van der Waals surface area contributed by atoms with E-state index in [4.69, 9.17) is 4.74 Å². The van der Waals surface area contributed by atoms with E-state index in [1.54, 1.807) is 18.2 Å². The summed E-state index contributed by atoms with van der Waals surface area (Å²) in [5.74, 6) is 0.309. The van der Waals surface area contributed by atoms with Gasteiger partial charge >= 0.3 is 0 Å². The maximum Gasteiger partial charge on any atom is 0.244 e. The van der Waals surface area contributed by atoms with Gasteiger partial charge in [-0.2, -0.15) is 0 Å². The van der Waals surface area contributed by atoms with Crippen LogP contribution in [0, 0.1) is 0 Å². The van der Waals surface area contributed by atoms with Crippen LogP contribution in [0.2, 0.25) is 0 Å². The predicted octanol–water partition coefficient (Wildman–Crippen LogP) is 0.197. The lowest BCUT2D eigenvalue weighted by molar-refractivity contribution is -0.141. The fourth-order valence-electron chi connectivity index (χ4n) is 3.10. The van der Waals surface area contributed by atoms with Gasteiger partial charge in [0.15, 0.2) is 0 Å². The molecule has 120 valence electrons. The van der Waals surface area contributed by atoms with Crippen molar-refractivity contribution >= 4 is 5.91 Å². The maximum atomic E-state index is 13.0. The van der Waals surface area contributed by atoms with Crippen LogP contribution in [0.1, 0.15) is 11.6 Å². The lowest BCUT2D eigenvalue weighted by atomic mass is 10.0. The zero-order valence-electron chi connectivity index (χ0n) is 12.7. The van der Waals surface area contributed by atoms with Crippen molar-refractivity contribution in [3.8, 4) is 5.75 Å². The van der Waals surface area contributed by atoms with Crippen LogP contribution < -0.4 is 5.32 Å². The number of benzene rings is 1. The highest BCUT2D eigenvalue weighted by Gasteiger charge is 2.32. The van der Waals surface area contributed by atoms with E-state index in [0.29, 0.717) is 26.3 Å². The van der Waals surface area contributed by atoms with Crippen molar-refractivity contribution in [1.29, 1.82) is 0 Å². The Morgan fingerprint density at radius 3 is 2.59 bits per heavy atom. The van der Waals surface area contributed by atoms with Gasteiger partial charge in [-0.05, 0) is 17.7 Å². The zero-order chi connectivity index (χ0) is 15.4. The molecule has 2 fully saturated rings. The highest BCUT2D eigenvalue weighted by molar-refractivity contribution is 5.83. The van der Waals surface area contributed by atoms with E-state index in [-0.39, 0.29) is 17.7 Å². The number of phenolic OH excluding ortho intramolecular Hbond substituents is 1. The van der Waals surface area contributed by atoms with Crippen molar-refractivity contribution in [2.24, 2.45) is 0 Å². The Morgan fingerprint density at radius 1 is 1.18 bits per heavy atom.